The minimum atomic E-state index is -0.115. The fraction of sp³-hybridized carbons (Fsp3) is 0.263. The van der Waals surface area contributed by atoms with Crippen LogP contribution < -0.4 is 10.6 Å². The van der Waals surface area contributed by atoms with Crippen LogP contribution in [0.2, 0.25) is 0 Å². The van der Waals surface area contributed by atoms with E-state index in [-0.39, 0.29) is 11.8 Å². The van der Waals surface area contributed by atoms with Crippen LogP contribution in [0.25, 0.3) is 0 Å². The summed E-state index contributed by atoms with van der Waals surface area (Å²) in [7, 11) is 1.64. The minimum Gasteiger partial charge on any atom is -0.385 e. The monoisotopic (exact) mass is 326 g/mol. The van der Waals surface area contributed by atoms with E-state index < -0.39 is 0 Å². The van der Waals surface area contributed by atoms with Crippen molar-refractivity contribution in [3.05, 3.63) is 71.3 Å². The van der Waals surface area contributed by atoms with Crippen LogP contribution in [0.4, 0.5) is 0 Å². The molecule has 24 heavy (non-hydrogen) atoms. The second-order valence-electron chi connectivity index (χ2n) is 5.35. The third kappa shape index (κ3) is 5.52. The van der Waals surface area contributed by atoms with Gasteiger partial charge in [0, 0.05) is 37.9 Å². The average molecular weight is 326 g/mol. The smallest absolute Gasteiger partial charge is 0.251 e. The first-order valence-corrected chi connectivity index (χ1v) is 7.90. The first-order chi connectivity index (χ1) is 11.7. The molecular formula is C19H22N2O3. The van der Waals surface area contributed by atoms with E-state index in [2.05, 4.69) is 10.6 Å². The van der Waals surface area contributed by atoms with Gasteiger partial charge in [-0.2, -0.15) is 0 Å². The van der Waals surface area contributed by atoms with Gasteiger partial charge in [0.1, 0.15) is 0 Å². The van der Waals surface area contributed by atoms with Crippen molar-refractivity contribution >= 4 is 11.8 Å². The Hall–Kier alpha value is -2.66. The number of hydrogen-bond acceptors (Lipinski definition) is 3. The Kier molecular flexibility index (Phi) is 6.98. The predicted octanol–water partition coefficient (Wildman–Crippen LogP) is 2.38. The van der Waals surface area contributed by atoms with Gasteiger partial charge >= 0.3 is 0 Å². The van der Waals surface area contributed by atoms with Crippen molar-refractivity contribution in [3.63, 3.8) is 0 Å². The van der Waals surface area contributed by atoms with E-state index in [0.717, 1.165) is 12.0 Å². The Bertz CT molecular complexity index is 654. The lowest BCUT2D eigenvalue weighted by molar-refractivity contribution is 0.0940. The Morgan fingerprint density at radius 1 is 0.875 bits per heavy atom. The second-order valence-corrected chi connectivity index (χ2v) is 5.35. The van der Waals surface area contributed by atoms with Crippen molar-refractivity contribution in [2.45, 2.75) is 13.0 Å². The number of carbonyl (C=O) groups excluding carboxylic acids is 2. The summed E-state index contributed by atoms with van der Waals surface area (Å²) in [6, 6.07) is 16.3. The van der Waals surface area contributed by atoms with Crippen LogP contribution >= 0.6 is 0 Å². The van der Waals surface area contributed by atoms with Gasteiger partial charge < -0.3 is 15.4 Å². The van der Waals surface area contributed by atoms with Crippen LogP contribution in [0, 0.1) is 0 Å². The zero-order chi connectivity index (χ0) is 17.2. The maximum Gasteiger partial charge on any atom is 0.251 e. The zero-order valence-corrected chi connectivity index (χ0v) is 13.7. The summed E-state index contributed by atoms with van der Waals surface area (Å²) in [5, 5.41) is 5.70. The fourth-order valence-corrected chi connectivity index (χ4v) is 2.17. The highest BCUT2D eigenvalue weighted by atomic mass is 16.5. The van der Waals surface area contributed by atoms with Gasteiger partial charge in [-0.05, 0) is 36.2 Å². The number of nitrogens with one attached hydrogen (secondary N) is 2. The zero-order valence-electron chi connectivity index (χ0n) is 13.7. The summed E-state index contributed by atoms with van der Waals surface area (Å²) in [5.74, 6) is -0.221. The minimum absolute atomic E-state index is 0.106. The van der Waals surface area contributed by atoms with Gasteiger partial charge in [-0.3, -0.25) is 9.59 Å². The molecule has 0 saturated carbocycles. The van der Waals surface area contributed by atoms with E-state index >= 15 is 0 Å². The van der Waals surface area contributed by atoms with Crippen LogP contribution in [-0.4, -0.2) is 32.1 Å². The van der Waals surface area contributed by atoms with Crippen molar-refractivity contribution < 1.29 is 14.3 Å². The highest BCUT2D eigenvalue weighted by Gasteiger charge is 2.06. The third-order valence-corrected chi connectivity index (χ3v) is 3.52. The van der Waals surface area contributed by atoms with E-state index in [0.29, 0.717) is 30.8 Å². The van der Waals surface area contributed by atoms with E-state index in [1.807, 2.05) is 30.3 Å². The maximum atomic E-state index is 12.0. The first kappa shape index (κ1) is 17.7. The molecule has 2 rings (SSSR count). The molecular weight excluding hydrogens is 304 g/mol. The Morgan fingerprint density at radius 3 is 2.17 bits per heavy atom. The lowest BCUT2D eigenvalue weighted by atomic mass is 10.1. The molecule has 5 heteroatoms. The van der Waals surface area contributed by atoms with Gasteiger partial charge in [-0.25, -0.2) is 0 Å². The molecule has 0 bridgehead atoms. The molecule has 0 aliphatic heterocycles. The van der Waals surface area contributed by atoms with E-state index in [4.69, 9.17) is 4.74 Å². The highest BCUT2D eigenvalue weighted by Crippen LogP contribution is 2.05. The van der Waals surface area contributed by atoms with E-state index in [1.165, 1.54) is 0 Å². The van der Waals surface area contributed by atoms with E-state index in [1.54, 1.807) is 31.4 Å². The first-order valence-electron chi connectivity index (χ1n) is 7.90. The molecule has 0 aliphatic rings. The molecule has 0 atom stereocenters. The molecule has 0 saturated heterocycles. The van der Waals surface area contributed by atoms with Crippen LogP contribution in [0.15, 0.2) is 54.6 Å². The van der Waals surface area contributed by atoms with Crippen molar-refractivity contribution in [2.24, 2.45) is 0 Å². The molecule has 0 aliphatic carbocycles. The second kappa shape index (κ2) is 9.47. The molecule has 0 radical (unpaired) electrons. The molecule has 0 fully saturated rings. The largest absolute Gasteiger partial charge is 0.385 e. The number of ether oxygens (including phenoxy) is 1. The Morgan fingerprint density at radius 2 is 1.50 bits per heavy atom. The molecule has 0 heterocycles. The Labute approximate surface area is 142 Å². The van der Waals surface area contributed by atoms with Gasteiger partial charge in [0.25, 0.3) is 11.8 Å². The molecule has 2 aromatic rings. The molecule has 2 N–H and O–H groups in total. The summed E-state index contributed by atoms with van der Waals surface area (Å²) < 4.78 is 4.94. The number of benzene rings is 2. The van der Waals surface area contributed by atoms with Crippen LogP contribution in [0.1, 0.15) is 32.7 Å². The third-order valence-electron chi connectivity index (χ3n) is 3.52. The quantitative estimate of drug-likeness (QED) is 0.732. The SMILES string of the molecule is COCCCNC(=O)c1ccc(CNC(=O)c2ccccc2)cc1. The summed E-state index contributed by atoms with van der Waals surface area (Å²) in [4.78, 5) is 23.9. The molecule has 0 unspecified atom stereocenters. The van der Waals surface area contributed by atoms with Crippen LogP contribution in [0.5, 0.6) is 0 Å². The topological polar surface area (TPSA) is 67.4 Å². The van der Waals surface area contributed by atoms with Crippen LogP contribution in [0.3, 0.4) is 0 Å². The normalized spacial score (nSPS) is 10.2. The lowest BCUT2D eigenvalue weighted by Gasteiger charge is -2.07. The standard InChI is InChI=1S/C19H22N2O3/c1-24-13-5-12-20-18(22)17-10-8-15(9-11-17)14-21-19(23)16-6-3-2-4-7-16/h2-4,6-11H,5,12-14H2,1H3,(H,20,22)(H,21,23). The average Bonchev–Trinajstić information content (AvgIpc) is 2.64. The summed E-state index contributed by atoms with van der Waals surface area (Å²) in [5.41, 5.74) is 2.17. The van der Waals surface area contributed by atoms with Gasteiger partial charge in [-0.15, -0.1) is 0 Å². The predicted molar refractivity (Wildman–Crippen MR) is 92.9 cm³/mol. The lowest BCUT2D eigenvalue weighted by Crippen LogP contribution is -2.25. The van der Waals surface area contributed by atoms with Crippen molar-refractivity contribution in [1.29, 1.82) is 0 Å². The van der Waals surface area contributed by atoms with Crippen molar-refractivity contribution in [3.8, 4) is 0 Å². The molecule has 126 valence electrons. The van der Waals surface area contributed by atoms with Crippen LogP contribution in [-0.2, 0) is 11.3 Å². The Balaban J connectivity index is 1.81. The van der Waals surface area contributed by atoms with Gasteiger partial charge in [0.05, 0.1) is 0 Å². The number of hydrogen-bond donors (Lipinski definition) is 2. The van der Waals surface area contributed by atoms with Gasteiger partial charge in [0.2, 0.25) is 0 Å². The molecule has 5 nitrogen and oxygen atoms in total. The number of amides is 2. The van der Waals surface area contributed by atoms with Gasteiger partial charge in [-0.1, -0.05) is 30.3 Å². The maximum absolute atomic E-state index is 12.0. The van der Waals surface area contributed by atoms with Crippen molar-refractivity contribution in [2.75, 3.05) is 20.3 Å². The summed E-state index contributed by atoms with van der Waals surface area (Å²) in [6.07, 6.45) is 0.784. The molecule has 2 amide bonds. The summed E-state index contributed by atoms with van der Waals surface area (Å²) in [6.45, 7) is 1.63. The number of methoxy groups -OCH3 is 1. The molecule has 0 aromatic heterocycles. The van der Waals surface area contributed by atoms with Gasteiger partial charge in [0.15, 0.2) is 0 Å². The number of rotatable bonds is 8. The molecule has 2 aromatic carbocycles. The highest BCUT2D eigenvalue weighted by molar-refractivity contribution is 5.94. The summed E-state index contributed by atoms with van der Waals surface area (Å²) >= 11 is 0. The van der Waals surface area contributed by atoms with E-state index in [9.17, 15) is 9.59 Å². The number of carbonyl (C=O) groups is 2. The molecule has 0 spiro atoms. The van der Waals surface area contributed by atoms with Crippen molar-refractivity contribution in [1.82, 2.24) is 10.6 Å². The fourth-order valence-electron chi connectivity index (χ4n) is 2.17.